The van der Waals surface area contributed by atoms with E-state index >= 15 is 0 Å². The quantitative estimate of drug-likeness (QED) is 0.645. The van der Waals surface area contributed by atoms with Crippen molar-refractivity contribution in [3.8, 4) is 0 Å². The Bertz CT molecular complexity index is 480. The lowest BCUT2D eigenvalue weighted by Crippen LogP contribution is -2.27. The Balaban J connectivity index is 2.95. The maximum Gasteiger partial charge on any atom is 0.412 e. The van der Waals surface area contributed by atoms with E-state index < -0.39 is 16.6 Å². The molecule has 0 aromatic carbocycles. The zero-order chi connectivity index (χ0) is 13.9. The highest BCUT2D eigenvalue weighted by atomic mass is 16.6. The zero-order valence-electron chi connectivity index (χ0n) is 10.7. The first-order valence-corrected chi connectivity index (χ1v) is 5.30. The summed E-state index contributed by atoms with van der Waals surface area (Å²) < 4.78 is 5.02. The second-order valence-electron chi connectivity index (χ2n) is 4.68. The number of amides is 1. The number of nitrogens with zero attached hydrogens (tertiary/aromatic N) is 2. The van der Waals surface area contributed by atoms with Crippen molar-refractivity contribution in [2.75, 3.05) is 5.32 Å². The summed E-state index contributed by atoms with van der Waals surface area (Å²) >= 11 is 0. The van der Waals surface area contributed by atoms with Gasteiger partial charge in [-0.25, -0.2) is 4.79 Å². The molecule has 0 fully saturated rings. The number of anilines is 1. The van der Waals surface area contributed by atoms with Crippen molar-refractivity contribution in [1.82, 2.24) is 4.98 Å². The first kappa shape index (κ1) is 13.9. The second kappa shape index (κ2) is 4.99. The number of pyridine rings is 1. The third kappa shape index (κ3) is 3.69. The van der Waals surface area contributed by atoms with Gasteiger partial charge in [0, 0.05) is 6.20 Å². The molecule has 18 heavy (non-hydrogen) atoms. The summed E-state index contributed by atoms with van der Waals surface area (Å²) in [5, 5.41) is 13.2. The smallest absolute Gasteiger partial charge is 0.412 e. The fourth-order valence-electron chi connectivity index (χ4n) is 1.30. The lowest BCUT2D eigenvalue weighted by Gasteiger charge is -2.19. The predicted molar refractivity (Wildman–Crippen MR) is 65.5 cm³/mol. The van der Waals surface area contributed by atoms with Gasteiger partial charge in [0.1, 0.15) is 17.0 Å². The summed E-state index contributed by atoms with van der Waals surface area (Å²) in [6, 6.07) is 1.36. The van der Waals surface area contributed by atoms with Crippen LogP contribution in [0.2, 0.25) is 0 Å². The highest BCUT2D eigenvalue weighted by molar-refractivity contribution is 5.88. The molecular formula is C11H15N3O4. The molecule has 0 aliphatic rings. The summed E-state index contributed by atoms with van der Waals surface area (Å²) in [5.41, 5.74) is -0.598. The Labute approximate surface area is 104 Å². The standard InChI is InChI=1S/C11H15N3O4/c1-7-9(14(16)17)8(5-6-12-7)13-10(15)18-11(2,3)4/h5-6H,1-4H3,(H,12,13,15). The number of ether oxygens (including phenoxy) is 1. The third-order valence-electron chi connectivity index (χ3n) is 1.93. The van der Waals surface area contributed by atoms with E-state index in [9.17, 15) is 14.9 Å². The summed E-state index contributed by atoms with van der Waals surface area (Å²) in [5.74, 6) is 0. The van der Waals surface area contributed by atoms with Crippen LogP contribution in [0.1, 0.15) is 26.5 Å². The van der Waals surface area contributed by atoms with E-state index in [0.717, 1.165) is 0 Å². The molecule has 0 saturated carbocycles. The van der Waals surface area contributed by atoms with Crippen molar-refractivity contribution in [3.05, 3.63) is 28.1 Å². The van der Waals surface area contributed by atoms with Crippen LogP contribution in [-0.4, -0.2) is 21.6 Å². The van der Waals surface area contributed by atoms with Crippen molar-refractivity contribution in [1.29, 1.82) is 0 Å². The molecule has 1 amide bonds. The van der Waals surface area contributed by atoms with Gasteiger partial charge in [-0.15, -0.1) is 0 Å². The third-order valence-corrected chi connectivity index (χ3v) is 1.93. The molecule has 1 aromatic rings. The number of carbonyl (C=O) groups excluding carboxylic acids is 1. The molecule has 1 heterocycles. The number of aryl methyl sites for hydroxylation is 1. The van der Waals surface area contributed by atoms with Gasteiger partial charge >= 0.3 is 11.8 Å². The number of hydrogen-bond acceptors (Lipinski definition) is 5. The Morgan fingerprint density at radius 3 is 2.61 bits per heavy atom. The molecule has 1 N–H and O–H groups in total. The normalized spacial score (nSPS) is 10.9. The van der Waals surface area contributed by atoms with Gasteiger partial charge in [-0.3, -0.25) is 20.4 Å². The van der Waals surface area contributed by atoms with E-state index in [-0.39, 0.29) is 17.1 Å². The van der Waals surface area contributed by atoms with Gasteiger partial charge in [0.15, 0.2) is 0 Å². The largest absolute Gasteiger partial charge is 0.444 e. The first-order chi connectivity index (χ1) is 8.20. The van der Waals surface area contributed by atoms with Crippen LogP contribution < -0.4 is 5.32 Å². The van der Waals surface area contributed by atoms with Gasteiger partial charge in [0.2, 0.25) is 0 Å². The number of rotatable bonds is 2. The van der Waals surface area contributed by atoms with Gasteiger partial charge in [0.05, 0.1) is 4.92 Å². The van der Waals surface area contributed by atoms with Crippen molar-refractivity contribution in [2.24, 2.45) is 0 Å². The topological polar surface area (TPSA) is 94.4 Å². The van der Waals surface area contributed by atoms with Crippen molar-refractivity contribution in [3.63, 3.8) is 0 Å². The number of carbonyl (C=O) groups is 1. The van der Waals surface area contributed by atoms with Gasteiger partial charge in [-0.05, 0) is 33.8 Å². The van der Waals surface area contributed by atoms with Crippen LogP contribution >= 0.6 is 0 Å². The van der Waals surface area contributed by atoms with Crippen LogP contribution in [0.3, 0.4) is 0 Å². The number of hydrogen-bond donors (Lipinski definition) is 1. The molecule has 1 rings (SSSR count). The average molecular weight is 253 g/mol. The maximum absolute atomic E-state index is 11.5. The van der Waals surface area contributed by atoms with Gasteiger partial charge < -0.3 is 4.74 Å². The molecular weight excluding hydrogens is 238 g/mol. The Morgan fingerprint density at radius 1 is 1.50 bits per heavy atom. The van der Waals surface area contributed by atoms with Crippen molar-refractivity contribution in [2.45, 2.75) is 33.3 Å². The Morgan fingerprint density at radius 2 is 2.11 bits per heavy atom. The van der Waals surface area contributed by atoms with Crippen molar-refractivity contribution >= 4 is 17.5 Å². The van der Waals surface area contributed by atoms with Crippen molar-refractivity contribution < 1.29 is 14.5 Å². The molecule has 0 saturated heterocycles. The molecule has 1 aromatic heterocycles. The average Bonchev–Trinajstić information content (AvgIpc) is 2.13. The number of nitrogens with one attached hydrogen (secondary N) is 1. The molecule has 0 bridgehead atoms. The highest BCUT2D eigenvalue weighted by Crippen LogP contribution is 2.26. The second-order valence-corrected chi connectivity index (χ2v) is 4.68. The minimum absolute atomic E-state index is 0.0711. The Hall–Kier alpha value is -2.18. The molecule has 0 atom stereocenters. The van der Waals surface area contributed by atoms with Gasteiger partial charge in [-0.2, -0.15) is 0 Å². The monoisotopic (exact) mass is 253 g/mol. The zero-order valence-corrected chi connectivity index (χ0v) is 10.7. The predicted octanol–water partition coefficient (Wildman–Crippen LogP) is 2.65. The Kier molecular flexibility index (Phi) is 3.85. The van der Waals surface area contributed by atoms with E-state index in [0.29, 0.717) is 0 Å². The minimum Gasteiger partial charge on any atom is -0.444 e. The highest BCUT2D eigenvalue weighted by Gasteiger charge is 2.22. The van der Waals surface area contributed by atoms with Crippen LogP contribution in [-0.2, 0) is 4.74 Å². The molecule has 98 valence electrons. The number of aromatic nitrogens is 1. The van der Waals surface area contributed by atoms with Crippen LogP contribution in [0.4, 0.5) is 16.2 Å². The lowest BCUT2D eigenvalue weighted by atomic mass is 10.2. The van der Waals surface area contributed by atoms with E-state index in [1.165, 1.54) is 19.2 Å². The first-order valence-electron chi connectivity index (χ1n) is 5.30. The lowest BCUT2D eigenvalue weighted by molar-refractivity contribution is -0.384. The maximum atomic E-state index is 11.5. The summed E-state index contributed by atoms with van der Waals surface area (Å²) in [6.07, 6.45) is 0.644. The summed E-state index contributed by atoms with van der Waals surface area (Å²) in [4.78, 5) is 25.6. The van der Waals surface area contributed by atoms with E-state index in [2.05, 4.69) is 10.3 Å². The minimum atomic E-state index is -0.740. The molecule has 7 nitrogen and oxygen atoms in total. The van der Waals surface area contributed by atoms with Crippen LogP contribution in [0, 0.1) is 17.0 Å². The number of nitro groups is 1. The van der Waals surface area contributed by atoms with Gasteiger partial charge in [0.25, 0.3) is 0 Å². The molecule has 0 spiro atoms. The summed E-state index contributed by atoms with van der Waals surface area (Å²) in [6.45, 7) is 6.62. The van der Waals surface area contributed by atoms with Crippen LogP contribution in [0.15, 0.2) is 12.3 Å². The molecule has 0 aliphatic carbocycles. The van der Waals surface area contributed by atoms with E-state index in [4.69, 9.17) is 4.74 Å². The fraction of sp³-hybridized carbons (Fsp3) is 0.455. The van der Waals surface area contributed by atoms with E-state index in [1.807, 2.05) is 0 Å². The van der Waals surface area contributed by atoms with Crippen LogP contribution in [0.25, 0.3) is 0 Å². The fourth-order valence-corrected chi connectivity index (χ4v) is 1.30. The summed E-state index contributed by atoms with van der Waals surface area (Å²) in [7, 11) is 0. The molecule has 0 unspecified atom stereocenters. The van der Waals surface area contributed by atoms with Gasteiger partial charge in [-0.1, -0.05) is 0 Å². The molecule has 0 radical (unpaired) electrons. The van der Waals surface area contributed by atoms with Crippen LogP contribution in [0.5, 0.6) is 0 Å². The SMILES string of the molecule is Cc1nccc(NC(=O)OC(C)(C)C)c1[N+](=O)[O-]. The molecule has 0 aliphatic heterocycles. The molecule has 7 heteroatoms. The van der Waals surface area contributed by atoms with E-state index in [1.54, 1.807) is 20.8 Å².